The van der Waals surface area contributed by atoms with E-state index in [0.29, 0.717) is 22.6 Å². The number of fused-ring (bicyclic) bond motifs is 1. The van der Waals surface area contributed by atoms with Gasteiger partial charge < -0.3 is 28.6 Å². The van der Waals surface area contributed by atoms with Crippen molar-refractivity contribution < 1.29 is 42.7 Å². The fourth-order valence-corrected chi connectivity index (χ4v) is 5.72. The first-order valence-electron chi connectivity index (χ1n) is 12.2. The number of hydrogen-bond acceptors (Lipinski definition) is 9. The van der Waals surface area contributed by atoms with Gasteiger partial charge in [-0.2, -0.15) is 0 Å². The van der Waals surface area contributed by atoms with E-state index in [1.54, 1.807) is 44.2 Å². The summed E-state index contributed by atoms with van der Waals surface area (Å²) in [7, 11) is -2.16. The van der Waals surface area contributed by atoms with Gasteiger partial charge in [0, 0.05) is 11.1 Å². The molecule has 2 aromatic carbocycles. The van der Waals surface area contributed by atoms with Gasteiger partial charge in [0.05, 0.1) is 20.3 Å². The molecular formula is C27H34NO9P. The zero-order chi connectivity index (χ0) is 27.9. The van der Waals surface area contributed by atoms with Crippen LogP contribution in [-0.2, 0) is 36.6 Å². The number of nitrogens with one attached hydrogen (secondary N) is 1. The van der Waals surface area contributed by atoms with Gasteiger partial charge in [0.2, 0.25) is 0 Å². The molecule has 1 aliphatic rings. The predicted octanol–water partition coefficient (Wildman–Crippen LogP) is 4.66. The quantitative estimate of drug-likeness (QED) is 0.208. The van der Waals surface area contributed by atoms with Gasteiger partial charge in [0.1, 0.15) is 41.8 Å². The van der Waals surface area contributed by atoms with Gasteiger partial charge in [-0.3, -0.25) is 9.36 Å². The number of carbonyl (C=O) groups is 2. The number of aromatic hydroxyl groups is 1. The monoisotopic (exact) mass is 547 g/mol. The lowest BCUT2D eigenvalue weighted by Crippen LogP contribution is -2.35. The van der Waals surface area contributed by atoms with Crippen LogP contribution in [0.25, 0.3) is 0 Å². The van der Waals surface area contributed by atoms with Crippen molar-refractivity contribution in [3.05, 3.63) is 64.2 Å². The fraction of sp³-hybridized carbons (Fsp3) is 0.407. The van der Waals surface area contributed by atoms with Crippen molar-refractivity contribution in [2.75, 3.05) is 26.7 Å². The number of carbonyl (C=O) groups excluding carboxylic acids is 2. The summed E-state index contributed by atoms with van der Waals surface area (Å²) in [5.74, 6) is -0.423. The molecule has 0 aromatic heterocycles. The number of allylic oxidation sites excluding steroid dienone is 1. The second kappa shape index (κ2) is 13.0. The van der Waals surface area contributed by atoms with Gasteiger partial charge in [-0.1, -0.05) is 29.8 Å². The largest absolute Gasteiger partial charge is 0.507 e. The van der Waals surface area contributed by atoms with E-state index in [4.69, 9.17) is 23.5 Å². The maximum absolute atomic E-state index is 13.6. The summed E-state index contributed by atoms with van der Waals surface area (Å²) in [6.07, 6.45) is 1.78. The lowest BCUT2D eigenvalue weighted by atomic mass is 9.95. The third-order valence-corrected chi connectivity index (χ3v) is 7.73. The number of cyclic esters (lactones) is 1. The molecule has 1 heterocycles. The third-order valence-electron chi connectivity index (χ3n) is 5.92. The highest BCUT2D eigenvalue weighted by molar-refractivity contribution is 7.57. The number of rotatable bonds is 13. The molecule has 38 heavy (non-hydrogen) atoms. The van der Waals surface area contributed by atoms with Crippen LogP contribution in [0.15, 0.2) is 42.0 Å². The summed E-state index contributed by atoms with van der Waals surface area (Å²) in [6, 6.07) is 7.72. The second-order valence-corrected chi connectivity index (χ2v) is 10.9. The van der Waals surface area contributed by atoms with Gasteiger partial charge in [-0.25, -0.2) is 9.88 Å². The molecule has 0 spiro atoms. The van der Waals surface area contributed by atoms with Gasteiger partial charge in [-0.15, -0.1) is 0 Å². The van der Waals surface area contributed by atoms with Crippen LogP contribution in [0.2, 0.25) is 0 Å². The van der Waals surface area contributed by atoms with Gasteiger partial charge in [0.25, 0.3) is 0 Å². The molecule has 10 nitrogen and oxygen atoms in total. The fourth-order valence-electron chi connectivity index (χ4n) is 4.05. The van der Waals surface area contributed by atoms with Crippen LogP contribution < -0.4 is 14.3 Å². The molecular weight excluding hydrogens is 513 g/mol. The smallest absolute Gasteiger partial charge is 0.342 e. The molecule has 2 aromatic rings. The lowest BCUT2D eigenvalue weighted by molar-refractivity contribution is -0.144. The van der Waals surface area contributed by atoms with Crippen molar-refractivity contribution >= 4 is 19.5 Å². The Morgan fingerprint density at radius 2 is 2.00 bits per heavy atom. The van der Waals surface area contributed by atoms with E-state index in [2.05, 4.69) is 5.09 Å². The topological polar surface area (TPSA) is 130 Å². The van der Waals surface area contributed by atoms with Crippen LogP contribution in [0.3, 0.4) is 0 Å². The van der Waals surface area contributed by atoms with Crippen LogP contribution in [-0.4, -0.2) is 49.8 Å². The maximum atomic E-state index is 13.6. The highest BCUT2D eigenvalue weighted by Gasteiger charge is 2.32. The molecule has 0 amide bonds. The molecule has 0 saturated heterocycles. The molecule has 0 bridgehead atoms. The molecule has 0 fully saturated rings. The molecule has 0 radical (unpaired) electrons. The number of esters is 2. The molecule has 1 unspecified atom stereocenters. The van der Waals surface area contributed by atoms with Crippen molar-refractivity contribution in [1.29, 1.82) is 0 Å². The minimum Gasteiger partial charge on any atom is -0.507 e. The molecule has 0 saturated carbocycles. The molecule has 11 heteroatoms. The normalized spacial score (nSPS) is 15.3. The second-order valence-electron chi connectivity index (χ2n) is 8.83. The summed E-state index contributed by atoms with van der Waals surface area (Å²) >= 11 is 0. The van der Waals surface area contributed by atoms with E-state index >= 15 is 0 Å². The molecule has 206 valence electrons. The molecule has 0 aliphatic carbocycles. The van der Waals surface area contributed by atoms with Gasteiger partial charge in [-0.05, 0) is 51.8 Å². The van der Waals surface area contributed by atoms with Crippen molar-refractivity contribution in [3.63, 3.8) is 0 Å². The Morgan fingerprint density at radius 3 is 2.66 bits per heavy atom. The Hall–Kier alpha value is -3.33. The van der Waals surface area contributed by atoms with E-state index in [1.807, 2.05) is 19.9 Å². The minimum absolute atomic E-state index is 0.0981. The summed E-state index contributed by atoms with van der Waals surface area (Å²) in [6.45, 7) is 7.26. The average Bonchev–Trinajstić information content (AvgIpc) is 3.27. The number of ether oxygens (including phenoxy) is 4. The number of hydrogen-bond donors (Lipinski definition) is 2. The summed E-state index contributed by atoms with van der Waals surface area (Å²) < 4.78 is 40.6. The van der Waals surface area contributed by atoms with E-state index in [0.717, 1.165) is 11.1 Å². The number of para-hydroxylation sites is 1. The van der Waals surface area contributed by atoms with Gasteiger partial charge >= 0.3 is 19.5 Å². The molecule has 3 rings (SSSR count). The van der Waals surface area contributed by atoms with Crippen LogP contribution in [0, 0.1) is 6.92 Å². The van der Waals surface area contributed by atoms with Crippen LogP contribution in [0.4, 0.5) is 0 Å². The first-order chi connectivity index (χ1) is 18.1. The first-order valence-corrected chi connectivity index (χ1v) is 14.0. The maximum Gasteiger partial charge on any atom is 0.342 e. The van der Waals surface area contributed by atoms with Crippen molar-refractivity contribution in [2.45, 2.75) is 46.8 Å². The van der Waals surface area contributed by atoms with Crippen molar-refractivity contribution in [2.24, 2.45) is 0 Å². The standard InChI is InChI=1S/C27H34NO9P/c1-6-35-26(30)19(4)28-38(32,37-20-10-8-7-9-11-20)16-34-14-17(2)12-13-21-24(29)23-22(15-36-27(23)31)18(3)25(21)33-5/h7-12,19,29H,6,13-16H2,1-5H3,(H,28,32)/t19-,38?/m0/s1. The SMILES string of the molecule is CCOC(=O)[C@H](C)NP(=O)(COCC(C)=CCc1c(O)c2c(c(C)c1OC)COC2=O)Oc1ccccc1. The lowest BCUT2D eigenvalue weighted by Gasteiger charge is -2.23. The zero-order valence-electron chi connectivity index (χ0n) is 22.2. The van der Waals surface area contributed by atoms with Crippen LogP contribution in [0.1, 0.15) is 47.8 Å². The van der Waals surface area contributed by atoms with Gasteiger partial charge in [0.15, 0.2) is 0 Å². The summed E-state index contributed by atoms with van der Waals surface area (Å²) in [5.41, 5.74) is 2.77. The van der Waals surface area contributed by atoms with E-state index < -0.39 is 25.5 Å². The molecule has 2 N–H and O–H groups in total. The Balaban J connectivity index is 1.71. The van der Waals surface area contributed by atoms with E-state index in [1.165, 1.54) is 7.11 Å². The van der Waals surface area contributed by atoms with Crippen molar-refractivity contribution in [1.82, 2.24) is 5.09 Å². The summed E-state index contributed by atoms with van der Waals surface area (Å²) in [5, 5.41) is 13.5. The molecule has 1 aliphatic heterocycles. The Kier molecular flexibility index (Phi) is 9.96. The van der Waals surface area contributed by atoms with E-state index in [9.17, 15) is 19.3 Å². The van der Waals surface area contributed by atoms with Crippen molar-refractivity contribution in [3.8, 4) is 17.2 Å². The first kappa shape index (κ1) is 29.2. The number of benzene rings is 2. The Bertz CT molecular complexity index is 1240. The summed E-state index contributed by atoms with van der Waals surface area (Å²) in [4.78, 5) is 24.2. The highest BCUT2D eigenvalue weighted by Crippen LogP contribution is 2.44. The Morgan fingerprint density at radius 1 is 1.29 bits per heavy atom. The predicted molar refractivity (Wildman–Crippen MR) is 141 cm³/mol. The molecule has 2 atom stereocenters. The number of phenolic OH excluding ortho intramolecular Hbond substituents is 1. The van der Waals surface area contributed by atoms with Crippen LogP contribution >= 0.6 is 7.52 Å². The highest BCUT2D eigenvalue weighted by atomic mass is 31.2. The Labute approximate surface area is 222 Å². The van der Waals surface area contributed by atoms with E-state index in [-0.39, 0.29) is 43.9 Å². The number of phenols is 1. The number of methoxy groups -OCH3 is 1. The third kappa shape index (κ3) is 6.95. The van der Waals surface area contributed by atoms with Crippen LogP contribution in [0.5, 0.6) is 17.2 Å². The minimum atomic E-state index is -3.66. The average molecular weight is 548 g/mol. The zero-order valence-corrected chi connectivity index (χ0v) is 23.1.